The topological polar surface area (TPSA) is 79.5 Å². The Hall–Kier alpha value is -2.04. The van der Waals surface area contributed by atoms with Crippen LogP contribution >= 0.6 is 0 Å². The molecule has 0 aliphatic rings. The van der Waals surface area contributed by atoms with E-state index in [0.29, 0.717) is 5.76 Å². The molecule has 0 saturated carbocycles. The standard InChI is InChI=1S/C9H9NO4/c1-6(11)10-8(9(12)13)5-7-3-2-4-14-7/h2-5H,1H3,(H,10,11)(H,12,13). The Kier molecular flexibility index (Phi) is 3.06. The lowest BCUT2D eigenvalue weighted by Crippen LogP contribution is -2.24. The average molecular weight is 195 g/mol. The molecule has 74 valence electrons. The predicted octanol–water partition coefficient (Wildman–Crippen LogP) is 0.841. The quantitative estimate of drug-likeness (QED) is 0.700. The van der Waals surface area contributed by atoms with Crippen LogP contribution in [-0.4, -0.2) is 17.0 Å². The third kappa shape index (κ3) is 2.78. The van der Waals surface area contributed by atoms with Gasteiger partial charge < -0.3 is 14.8 Å². The number of hydrogen-bond acceptors (Lipinski definition) is 3. The molecule has 2 N–H and O–H groups in total. The van der Waals surface area contributed by atoms with E-state index in [1.54, 1.807) is 12.1 Å². The van der Waals surface area contributed by atoms with Gasteiger partial charge in [-0.05, 0) is 12.1 Å². The molecular weight excluding hydrogens is 186 g/mol. The molecule has 14 heavy (non-hydrogen) atoms. The van der Waals surface area contributed by atoms with Crippen molar-refractivity contribution in [2.45, 2.75) is 6.92 Å². The van der Waals surface area contributed by atoms with Gasteiger partial charge in [-0.15, -0.1) is 0 Å². The Morgan fingerprint density at radius 2 is 2.29 bits per heavy atom. The highest BCUT2D eigenvalue weighted by molar-refractivity contribution is 5.95. The van der Waals surface area contributed by atoms with E-state index in [4.69, 9.17) is 9.52 Å². The van der Waals surface area contributed by atoms with Gasteiger partial charge in [-0.2, -0.15) is 0 Å². The molecule has 1 heterocycles. The van der Waals surface area contributed by atoms with Crippen molar-refractivity contribution in [2.24, 2.45) is 0 Å². The van der Waals surface area contributed by atoms with Gasteiger partial charge in [-0.25, -0.2) is 4.79 Å². The number of carboxylic acids is 1. The number of carbonyl (C=O) groups excluding carboxylic acids is 1. The van der Waals surface area contributed by atoms with Crippen LogP contribution in [0, 0.1) is 0 Å². The van der Waals surface area contributed by atoms with Crippen LogP contribution in [0.25, 0.3) is 6.08 Å². The molecule has 0 spiro atoms. The number of hydrogen-bond donors (Lipinski definition) is 2. The van der Waals surface area contributed by atoms with Gasteiger partial charge in [-0.3, -0.25) is 4.79 Å². The predicted molar refractivity (Wildman–Crippen MR) is 48.1 cm³/mol. The molecule has 0 fully saturated rings. The van der Waals surface area contributed by atoms with E-state index in [-0.39, 0.29) is 5.70 Å². The third-order valence-electron chi connectivity index (χ3n) is 1.37. The van der Waals surface area contributed by atoms with Crippen molar-refractivity contribution in [3.05, 3.63) is 29.9 Å². The van der Waals surface area contributed by atoms with Crippen molar-refractivity contribution in [1.29, 1.82) is 0 Å². The van der Waals surface area contributed by atoms with E-state index in [2.05, 4.69) is 5.32 Å². The minimum absolute atomic E-state index is 0.215. The summed E-state index contributed by atoms with van der Waals surface area (Å²) in [7, 11) is 0. The van der Waals surface area contributed by atoms with Crippen LogP contribution in [0.15, 0.2) is 28.5 Å². The highest BCUT2D eigenvalue weighted by Gasteiger charge is 2.09. The van der Waals surface area contributed by atoms with Gasteiger partial charge >= 0.3 is 5.97 Å². The van der Waals surface area contributed by atoms with Crippen LogP contribution in [0.3, 0.4) is 0 Å². The van der Waals surface area contributed by atoms with Crippen molar-refractivity contribution in [3.8, 4) is 0 Å². The van der Waals surface area contributed by atoms with Gasteiger partial charge in [0, 0.05) is 13.0 Å². The zero-order valence-corrected chi connectivity index (χ0v) is 7.48. The van der Waals surface area contributed by atoms with Crippen LogP contribution in [0.4, 0.5) is 0 Å². The molecule has 0 unspecified atom stereocenters. The zero-order chi connectivity index (χ0) is 10.6. The molecule has 1 amide bonds. The van der Waals surface area contributed by atoms with Crippen LogP contribution in [0.1, 0.15) is 12.7 Å². The van der Waals surface area contributed by atoms with Crippen LogP contribution in [0.2, 0.25) is 0 Å². The van der Waals surface area contributed by atoms with Crippen LogP contribution < -0.4 is 5.32 Å². The fraction of sp³-hybridized carbons (Fsp3) is 0.111. The summed E-state index contributed by atoms with van der Waals surface area (Å²) in [6, 6.07) is 3.21. The van der Waals surface area contributed by atoms with Crippen molar-refractivity contribution in [3.63, 3.8) is 0 Å². The molecule has 5 nitrogen and oxygen atoms in total. The second-order valence-electron chi connectivity index (χ2n) is 2.56. The molecule has 1 aromatic rings. The lowest BCUT2D eigenvalue weighted by atomic mass is 10.3. The zero-order valence-electron chi connectivity index (χ0n) is 7.48. The Bertz CT molecular complexity index is 364. The summed E-state index contributed by atoms with van der Waals surface area (Å²) in [6.07, 6.45) is 2.66. The first-order valence-corrected chi connectivity index (χ1v) is 3.85. The average Bonchev–Trinajstić information content (AvgIpc) is 2.54. The van der Waals surface area contributed by atoms with Gasteiger partial charge in [-0.1, -0.05) is 0 Å². The number of nitrogens with one attached hydrogen (secondary N) is 1. The van der Waals surface area contributed by atoms with Crippen molar-refractivity contribution in [2.75, 3.05) is 0 Å². The van der Waals surface area contributed by atoms with Gasteiger partial charge in [0.2, 0.25) is 5.91 Å². The van der Waals surface area contributed by atoms with Gasteiger partial charge in [0.15, 0.2) is 0 Å². The third-order valence-corrected chi connectivity index (χ3v) is 1.37. The smallest absolute Gasteiger partial charge is 0.352 e. The molecule has 0 aliphatic heterocycles. The van der Waals surface area contributed by atoms with E-state index < -0.39 is 11.9 Å². The lowest BCUT2D eigenvalue weighted by molar-refractivity contribution is -0.134. The fourth-order valence-corrected chi connectivity index (χ4v) is 0.857. The molecule has 0 bridgehead atoms. The second-order valence-corrected chi connectivity index (χ2v) is 2.56. The number of carbonyl (C=O) groups is 2. The molecule has 1 rings (SSSR count). The Labute approximate surface area is 80.0 Å². The first-order chi connectivity index (χ1) is 6.59. The van der Waals surface area contributed by atoms with Gasteiger partial charge in [0.25, 0.3) is 0 Å². The number of rotatable bonds is 3. The van der Waals surface area contributed by atoms with Crippen molar-refractivity contribution in [1.82, 2.24) is 5.32 Å². The Morgan fingerprint density at radius 1 is 1.57 bits per heavy atom. The SMILES string of the molecule is CC(=O)NC(=Cc1ccco1)C(=O)O. The van der Waals surface area contributed by atoms with E-state index in [1.165, 1.54) is 19.3 Å². The summed E-state index contributed by atoms with van der Waals surface area (Å²) >= 11 is 0. The molecule has 0 aromatic carbocycles. The van der Waals surface area contributed by atoms with E-state index >= 15 is 0 Å². The van der Waals surface area contributed by atoms with Crippen molar-refractivity contribution >= 4 is 18.0 Å². The summed E-state index contributed by atoms with van der Waals surface area (Å²) in [6.45, 7) is 1.24. The van der Waals surface area contributed by atoms with Gasteiger partial charge in [0.05, 0.1) is 6.26 Å². The maximum Gasteiger partial charge on any atom is 0.352 e. The van der Waals surface area contributed by atoms with Crippen LogP contribution in [0.5, 0.6) is 0 Å². The number of furan rings is 1. The normalized spacial score (nSPS) is 11.1. The first kappa shape index (κ1) is 10.0. The number of aliphatic carboxylic acids is 1. The highest BCUT2D eigenvalue weighted by Crippen LogP contribution is 2.05. The number of amides is 1. The van der Waals surface area contributed by atoms with E-state index in [9.17, 15) is 9.59 Å². The molecule has 5 heteroatoms. The molecule has 0 atom stereocenters. The fourth-order valence-electron chi connectivity index (χ4n) is 0.857. The molecule has 0 aliphatic carbocycles. The largest absolute Gasteiger partial charge is 0.477 e. The molecular formula is C9H9NO4. The summed E-state index contributed by atoms with van der Waals surface area (Å²) < 4.78 is 4.90. The minimum atomic E-state index is -1.21. The van der Waals surface area contributed by atoms with Crippen LogP contribution in [-0.2, 0) is 9.59 Å². The number of carboxylic acid groups (broad SMARTS) is 1. The van der Waals surface area contributed by atoms with E-state index in [1.807, 2.05) is 0 Å². The molecule has 0 saturated heterocycles. The lowest BCUT2D eigenvalue weighted by Gasteiger charge is -2.00. The van der Waals surface area contributed by atoms with Gasteiger partial charge in [0.1, 0.15) is 11.5 Å². The van der Waals surface area contributed by atoms with E-state index in [0.717, 1.165) is 0 Å². The molecule has 0 radical (unpaired) electrons. The summed E-state index contributed by atoms with van der Waals surface area (Å²) in [5.41, 5.74) is -0.215. The maximum atomic E-state index is 10.6. The molecule has 1 aromatic heterocycles. The summed E-state index contributed by atoms with van der Waals surface area (Å²) in [5.74, 6) is -1.28. The summed E-state index contributed by atoms with van der Waals surface area (Å²) in [4.78, 5) is 21.3. The maximum absolute atomic E-state index is 10.6. The highest BCUT2D eigenvalue weighted by atomic mass is 16.4. The Morgan fingerprint density at radius 3 is 2.71 bits per heavy atom. The monoisotopic (exact) mass is 195 g/mol. The summed E-state index contributed by atoms with van der Waals surface area (Å²) in [5, 5.41) is 10.9. The van der Waals surface area contributed by atoms with Crippen molar-refractivity contribution < 1.29 is 19.1 Å². The Balaban J connectivity index is 2.88. The second kappa shape index (κ2) is 4.27. The minimum Gasteiger partial charge on any atom is -0.477 e. The first-order valence-electron chi connectivity index (χ1n) is 3.85.